The van der Waals surface area contributed by atoms with Crippen LogP contribution in [0, 0.1) is 0 Å². The Morgan fingerprint density at radius 3 is 2.05 bits per heavy atom. The van der Waals surface area contributed by atoms with Gasteiger partial charge in [-0.3, -0.25) is 0 Å². The van der Waals surface area contributed by atoms with Crippen LogP contribution in [0.4, 0.5) is 22.0 Å². The van der Waals surface area contributed by atoms with Crippen LogP contribution in [-0.4, -0.2) is 32.9 Å². The molecule has 0 radical (unpaired) electrons. The number of nitrogens with two attached hydrogens (primary N) is 1. The number of halogens is 5. The molecular weight excluding hydrogens is 339 g/mol. The van der Waals surface area contributed by atoms with Gasteiger partial charge in [0, 0.05) is 4.90 Å². The third-order valence-electron chi connectivity index (χ3n) is 2.19. The van der Waals surface area contributed by atoms with E-state index in [9.17, 15) is 30.4 Å². The average Bonchev–Trinajstić information content (AvgIpc) is 2.35. The van der Waals surface area contributed by atoms with Crippen LogP contribution >= 0.6 is 11.8 Å². The highest BCUT2D eigenvalue weighted by Gasteiger charge is 2.30. The number of nitrogens with one attached hydrogen (secondary N) is 1. The molecule has 0 aliphatic carbocycles. The van der Waals surface area contributed by atoms with Gasteiger partial charge in [0.2, 0.25) is 10.0 Å². The zero-order chi connectivity index (χ0) is 16.3. The molecule has 0 amide bonds. The van der Waals surface area contributed by atoms with E-state index in [4.69, 9.17) is 5.73 Å². The average molecular weight is 350 g/mol. The van der Waals surface area contributed by atoms with Gasteiger partial charge in [-0.1, -0.05) is 0 Å². The molecule has 4 nitrogen and oxygen atoms in total. The molecule has 1 rings (SSSR count). The number of thioether (sulfide) groups is 1. The Morgan fingerprint density at radius 1 is 1.10 bits per heavy atom. The first-order chi connectivity index (χ1) is 9.45. The van der Waals surface area contributed by atoms with E-state index in [-0.39, 0.29) is 4.90 Å². The van der Waals surface area contributed by atoms with Crippen molar-refractivity contribution < 1.29 is 30.4 Å². The zero-order valence-corrected chi connectivity index (χ0v) is 12.0. The molecule has 0 saturated carbocycles. The fraction of sp³-hybridized carbons (Fsp3) is 0.400. The third-order valence-corrected chi connectivity index (χ3v) is 4.34. The molecule has 0 bridgehead atoms. The fourth-order valence-electron chi connectivity index (χ4n) is 1.18. The van der Waals surface area contributed by atoms with Gasteiger partial charge in [-0.25, -0.2) is 21.9 Å². The molecule has 0 aliphatic rings. The minimum atomic E-state index is -4.50. The maximum atomic E-state index is 12.9. The topological polar surface area (TPSA) is 72.2 Å². The van der Waals surface area contributed by atoms with Crippen molar-refractivity contribution in [1.82, 2.24) is 4.72 Å². The van der Waals surface area contributed by atoms with E-state index < -0.39 is 51.2 Å². The van der Waals surface area contributed by atoms with Gasteiger partial charge in [-0.15, -0.1) is 0 Å². The van der Waals surface area contributed by atoms with Gasteiger partial charge >= 0.3 is 5.51 Å². The Hall–Kier alpha value is -0.910. The highest BCUT2D eigenvalue weighted by molar-refractivity contribution is 8.00. The number of hydrogen-bond acceptors (Lipinski definition) is 4. The normalized spacial score (nSPS) is 13.4. The summed E-state index contributed by atoms with van der Waals surface area (Å²) in [5.74, 6) is -3.40. The molecule has 0 aromatic heterocycles. The van der Waals surface area contributed by atoms with Gasteiger partial charge < -0.3 is 5.73 Å². The maximum absolute atomic E-state index is 12.9. The molecule has 21 heavy (non-hydrogen) atoms. The van der Waals surface area contributed by atoms with Crippen molar-refractivity contribution in [1.29, 1.82) is 0 Å². The Labute approximate surface area is 121 Å². The van der Waals surface area contributed by atoms with Crippen LogP contribution in [0.2, 0.25) is 0 Å². The molecule has 0 heterocycles. The van der Waals surface area contributed by atoms with Crippen molar-refractivity contribution >= 4 is 21.8 Å². The predicted octanol–water partition coefficient (Wildman–Crippen LogP) is 2.17. The molecule has 3 N–H and O–H groups in total. The number of benzene rings is 1. The first-order valence-corrected chi connectivity index (χ1v) is 7.68. The van der Waals surface area contributed by atoms with Crippen LogP contribution < -0.4 is 10.5 Å². The maximum Gasteiger partial charge on any atom is 0.446 e. The Bertz CT molecular complexity index is 572. The van der Waals surface area contributed by atoms with Crippen molar-refractivity contribution in [3.63, 3.8) is 0 Å². The van der Waals surface area contributed by atoms with E-state index in [1.165, 1.54) is 0 Å². The lowest BCUT2D eigenvalue weighted by molar-refractivity contribution is -0.0328. The third kappa shape index (κ3) is 6.16. The van der Waals surface area contributed by atoms with Crippen molar-refractivity contribution in [3.05, 3.63) is 24.3 Å². The molecular formula is C10H11F5N2O2S2. The number of hydrogen-bond donors (Lipinski definition) is 2. The lowest BCUT2D eigenvalue weighted by atomic mass is 10.3. The molecule has 0 atom stereocenters. The van der Waals surface area contributed by atoms with Gasteiger partial charge in [0.1, 0.15) is 0 Å². The second-order valence-electron chi connectivity index (χ2n) is 3.90. The highest BCUT2D eigenvalue weighted by Crippen LogP contribution is 2.36. The molecule has 0 saturated heterocycles. The molecule has 120 valence electrons. The SMILES string of the molecule is NCC(F)(F)CNS(=O)(=O)c1ccc(SC(F)(F)F)cc1. The van der Waals surface area contributed by atoms with E-state index in [0.717, 1.165) is 24.3 Å². The molecule has 11 heteroatoms. The molecule has 0 unspecified atom stereocenters. The van der Waals surface area contributed by atoms with Crippen molar-refractivity contribution in [2.75, 3.05) is 13.1 Å². The zero-order valence-electron chi connectivity index (χ0n) is 10.3. The predicted molar refractivity (Wildman–Crippen MR) is 67.5 cm³/mol. The van der Waals surface area contributed by atoms with Crippen LogP contribution in [0.3, 0.4) is 0 Å². The number of alkyl halides is 5. The van der Waals surface area contributed by atoms with E-state index in [1.807, 2.05) is 0 Å². The molecule has 0 aliphatic heterocycles. The van der Waals surface area contributed by atoms with Gasteiger partial charge in [0.15, 0.2) is 0 Å². The van der Waals surface area contributed by atoms with Crippen LogP contribution in [0.15, 0.2) is 34.1 Å². The smallest absolute Gasteiger partial charge is 0.325 e. The summed E-state index contributed by atoms with van der Waals surface area (Å²) in [7, 11) is -4.24. The monoisotopic (exact) mass is 350 g/mol. The van der Waals surface area contributed by atoms with Crippen molar-refractivity contribution in [2.24, 2.45) is 5.73 Å². The summed E-state index contributed by atoms with van der Waals surface area (Å²) in [5, 5.41) is 0. The van der Waals surface area contributed by atoms with E-state index >= 15 is 0 Å². The van der Waals surface area contributed by atoms with Gasteiger partial charge in [0.05, 0.1) is 18.0 Å². The quantitative estimate of drug-likeness (QED) is 0.609. The van der Waals surface area contributed by atoms with Crippen LogP contribution in [0.25, 0.3) is 0 Å². The Balaban J connectivity index is 2.81. The molecule has 1 aromatic carbocycles. The van der Waals surface area contributed by atoms with E-state index in [0.29, 0.717) is 0 Å². The van der Waals surface area contributed by atoms with Gasteiger partial charge in [-0.05, 0) is 36.0 Å². The summed E-state index contributed by atoms with van der Waals surface area (Å²) < 4.78 is 87.1. The summed E-state index contributed by atoms with van der Waals surface area (Å²) in [4.78, 5) is -0.629. The van der Waals surface area contributed by atoms with Gasteiger partial charge in [-0.2, -0.15) is 13.2 Å². The largest absolute Gasteiger partial charge is 0.446 e. The number of rotatable bonds is 6. The minimum absolute atomic E-state index is 0.214. The fourth-order valence-corrected chi connectivity index (χ4v) is 2.78. The lowest BCUT2D eigenvalue weighted by Gasteiger charge is -2.15. The van der Waals surface area contributed by atoms with Crippen molar-refractivity contribution in [2.45, 2.75) is 21.2 Å². The summed E-state index contributed by atoms with van der Waals surface area (Å²) >= 11 is -0.410. The molecule has 1 aromatic rings. The minimum Gasteiger partial charge on any atom is -0.325 e. The summed E-state index contributed by atoms with van der Waals surface area (Å²) in [5.41, 5.74) is 0.261. The first-order valence-electron chi connectivity index (χ1n) is 5.39. The highest BCUT2D eigenvalue weighted by atomic mass is 32.2. The second kappa shape index (κ2) is 6.46. The van der Waals surface area contributed by atoms with E-state index in [2.05, 4.69) is 0 Å². The second-order valence-corrected chi connectivity index (χ2v) is 6.81. The Kier molecular flexibility index (Phi) is 5.58. The van der Waals surface area contributed by atoms with Crippen LogP contribution in [-0.2, 0) is 10.0 Å². The Morgan fingerprint density at radius 2 is 1.62 bits per heavy atom. The summed E-state index contributed by atoms with van der Waals surface area (Å²) in [6.07, 6.45) is 0. The summed E-state index contributed by atoms with van der Waals surface area (Å²) in [6.45, 7) is -2.22. The molecule has 0 fully saturated rings. The van der Waals surface area contributed by atoms with Crippen molar-refractivity contribution in [3.8, 4) is 0 Å². The van der Waals surface area contributed by atoms with E-state index in [1.54, 1.807) is 4.72 Å². The molecule has 0 spiro atoms. The number of sulfonamides is 1. The van der Waals surface area contributed by atoms with Gasteiger partial charge in [0.25, 0.3) is 5.92 Å². The first kappa shape index (κ1) is 18.1. The van der Waals surface area contributed by atoms with Crippen LogP contribution in [0.5, 0.6) is 0 Å². The lowest BCUT2D eigenvalue weighted by Crippen LogP contribution is -2.41. The van der Waals surface area contributed by atoms with Crippen LogP contribution in [0.1, 0.15) is 0 Å². The summed E-state index contributed by atoms with van der Waals surface area (Å²) in [6, 6.07) is 3.68. The standard InChI is InChI=1S/C10H11F5N2O2S2/c11-9(12,5-16)6-17-21(18,19)8-3-1-7(2-4-8)20-10(13,14)15/h1-4,17H,5-6,16H2.